The summed E-state index contributed by atoms with van der Waals surface area (Å²) in [5.41, 5.74) is 2.29. The number of ether oxygens (including phenoxy) is 2. The van der Waals surface area contributed by atoms with Gasteiger partial charge in [-0.05, 0) is 24.6 Å². The number of aliphatic carboxylic acids is 2. The van der Waals surface area contributed by atoms with E-state index in [0.717, 1.165) is 31.0 Å². The van der Waals surface area contributed by atoms with Crippen LogP contribution in [0.15, 0.2) is 54.6 Å². The van der Waals surface area contributed by atoms with Gasteiger partial charge in [0.05, 0.1) is 13.2 Å². The molecule has 0 bridgehead atoms. The molecule has 0 unspecified atom stereocenters. The highest BCUT2D eigenvalue weighted by Gasteiger charge is 2.05. The molecule has 0 radical (unpaired) electrons. The zero-order valence-corrected chi connectivity index (χ0v) is 16.7. The van der Waals surface area contributed by atoms with Gasteiger partial charge in [0.2, 0.25) is 0 Å². The molecule has 0 aliphatic carbocycles. The Morgan fingerprint density at radius 1 is 0.862 bits per heavy atom. The Morgan fingerprint density at radius 2 is 1.52 bits per heavy atom. The van der Waals surface area contributed by atoms with Crippen molar-refractivity contribution in [3.05, 3.63) is 54.6 Å². The number of benzene rings is 2. The lowest BCUT2D eigenvalue weighted by atomic mass is 10.1. The zero-order chi connectivity index (χ0) is 21.3. The van der Waals surface area contributed by atoms with Gasteiger partial charge in [-0.25, -0.2) is 9.59 Å². The van der Waals surface area contributed by atoms with Crippen molar-refractivity contribution < 1.29 is 29.3 Å². The first-order valence-corrected chi connectivity index (χ1v) is 9.58. The summed E-state index contributed by atoms with van der Waals surface area (Å²) < 4.78 is 11.5. The number of rotatable bonds is 11. The first kappa shape index (κ1) is 24.1. The Morgan fingerprint density at radius 3 is 2.17 bits per heavy atom. The van der Waals surface area contributed by atoms with E-state index in [1.807, 2.05) is 36.4 Å². The highest BCUT2D eigenvalue weighted by Crippen LogP contribution is 2.29. The van der Waals surface area contributed by atoms with E-state index in [1.165, 1.54) is 18.4 Å². The summed E-state index contributed by atoms with van der Waals surface area (Å²) in [5.74, 6) is -2.74. The molecule has 3 N–H and O–H groups in total. The summed E-state index contributed by atoms with van der Waals surface area (Å²) in [7, 11) is 0. The van der Waals surface area contributed by atoms with E-state index in [1.54, 1.807) is 0 Å². The van der Waals surface area contributed by atoms with Gasteiger partial charge in [-0.3, -0.25) is 0 Å². The van der Waals surface area contributed by atoms with Crippen LogP contribution in [0.25, 0.3) is 11.1 Å². The summed E-state index contributed by atoms with van der Waals surface area (Å²) in [6, 6.07) is 18.4. The fourth-order valence-electron chi connectivity index (χ4n) is 2.33. The Balaban J connectivity index is 0.000000612. The zero-order valence-electron chi connectivity index (χ0n) is 16.7. The molecular formula is C22H29NO6. The molecule has 0 saturated heterocycles. The number of unbranched alkanes of at least 4 members (excludes halogenated alkanes) is 1. The summed E-state index contributed by atoms with van der Waals surface area (Å²) >= 11 is 0. The molecule has 0 aliphatic rings. The average Bonchev–Trinajstić information content (AvgIpc) is 2.74. The molecule has 0 aliphatic heterocycles. The molecular weight excluding hydrogens is 374 g/mol. The van der Waals surface area contributed by atoms with Gasteiger partial charge in [0.15, 0.2) is 0 Å². The molecule has 0 amide bonds. The fraction of sp³-hybridized carbons (Fsp3) is 0.364. The minimum atomic E-state index is -1.82. The summed E-state index contributed by atoms with van der Waals surface area (Å²) in [4.78, 5) is 18.2. The van der Waals surface area contributed by atoms with E-state index in [4.69, 9.17) is 29.3 Å². The van der Waals surface area contributed by atoms with Crippen LogP contribution in [0, 0.1) is 0 Å². The van der Waals surface area contributed by atoms with Crippen LogP contribution in [0.5, 0.6) is 5.75 Å². The third-order valence-electron chi connectivity index (χ3n) is 3.77. The SMILES string of the molecule is CCCCNCCOCCOc1ccccc1-c1ccccc1.O=C(O)C(=O)O. The number of hydrogen-bond acceptors (Lipinski definition) is 5. The monoisotopic (exact) mass is 403 g/mol. The third-order valence-corrected chi connectivity index (χ3v) is 3.77. The Hall–Kier alpha value is -2.90. The molecule has 0 aromatic heterocycles. The van der Waals surface area contributed by atoms with E-state index in [0.29, 0.717) is 13.2 Å². The number of carboxylic acid groups (broad SMARTS) is 2. The lowest BCUT2D eigenvalue weighted by molar-refractivity contribution is -0.159. The molecule has 2 rings (SSSR count). The standard InChI is InChI=1S/C20H27NO2.C2H2O4/c1-2-3-13-21-14-15-22-16-17-23-20-12-8-7-11-19(20)18-9-5-4-6-10-18;3-1(4)2(5)6/h4-12,21H,2-3,13-17H2,1H3;(H,3,4)(H,5,6). The van der Waals surface area contributed by atoms with Gasteiger partial charge in [-0.2, -0.15) is 0 Å². The van der Waals surface area contributed by atoms with E-state index in [9.17, 15) is 0 Å². The molecule has 7 nitrogen and oxygen atoms in total. The van der Waals surface area contributed by atoms with Crippen LogP contribution >= 0.6 is 0 Å². The van der Waals surface area contributed by atoms with Crippen LogP contribution in [0.4, 0.5) is 0 Å². The average molecular weight is 403 g/mol. The highest BCUT2D eigenvalue weighted by molar-refractivity contribution is 6.27. The van der Waals surface area contributed by atoms with Gasteiger partial charge in [-0.15, -0.1) is 0 Å². The topological polar surface area (TPSA) is 105 Å². The largest absolute Gasteiger partial charge is 0.491 e. The van der Waals surface area contributed by atoms with Gasteiger partial charge in [0.1, 0.15) is 12.4 Å². The van der Waals surface area contributed by atoms with Crippen LogP contribution in [0.1, 0.15) is 19.8 Å². The number of carbonyl (C=O) groups is 2. The van der Waals surface area contributed by atoms with Crippen molar-refractivity contribution in [2.45, 2.75) is 19.8 Å². The Bertz CT molecular complexity index is 708. The van der Waals surface area contributed by atoms with Crippen molar-refractivity contribution in [1.82, 2.24) is 5.32 Å². The van der Waals surface area contributed by atoms with E-state index in [-0.39, 0.29) is 0 Å². The molecule has 0 atom stereocenters. The van der Waals surface area contributed by atoms with Crippen LogP contribution < -0.4 is 10.1 Å². The van der Waals surface area contributed by atoms with Crippen LogP contribution in [0.2, 0.25) is 0 Å². The molecule has 7 heteroatoms. The predicted molar refractivity (Wildman–Crippen MR) is 111 cm³/mol. The minimum absolute atomic E-state index is 0.568. The molecule has 2 aromatic rings. The van der Waals surface area contributed by atoms with Crippen LogP contribution in [-0.2, 0) is 14.3 Å². The first-order valence-electron chi connectivity index (χ1n) is 9.58. The molecule has 0 fully saturated rings. The Labute approximate surface area is 171 Å². The highest BCUT2D eigenvalue weighted by atomic mass is 16.5. The number of nitrogens with one attached hydrogen (secondary N) is 1. The number of para-hydroxylation sites is 1. The summed E-state index contributed by atoms with van der Waals surface area (Å²) in [6.07, 6.45) is 2.45. The molecule has 0 heterocycles. The van der Waals surface area contributed by atoms with Crippen LogP contribution in [-0.4, -0.2) is 55.1 Å². The lowest BCUT2D eigenvalue weighted by Crippen LogP contribution is -2.21. The number of carboxylic acids is 2. The quantitative estimate of drug-likeness (QED) is 0.390. The Kier molecular flexibility index (Phi) is 12.5. The van der Waals surface area contributed by atoms with Gasteiger partial charge in [-0.1, -0.05) is 61.9 Å². The summed E-state index contributed by atoms with van der Waals surface area (Å²) in [6.45, 7) is 6.08. The summed E-state index contributed by atoms with van der Waals surface area (Å²) in [5, 5.41) is 18.1. The minimum Gasteiger partial charge on any atom is -0.491 e. The number of hydrogen-bond donors (Lipinski definition) is 3. The third kappa shape index (κ3) is 10.9. The smallest absolute Gasteiger partial charge is 0.414 e. The van der Waals surface area contributed by atoms with E-state index in [2.05, 4.69) is 30.4 Å². The second-order valence-electron chi connectivity index (χ2n) is 6.04. The molecule has 158 valence electrons. The predicted octanol–water partition coefficient (Wildman–Crippen LogP) is 3.29. The maximum Gasteiger partial charge on any atom is 0.414 e. The van der Waals surface area contributed by atoms with Crippen molar-refractivity contribution in [2.24, 2.45) is 0 Å². The van der Waals surface area contributed by atoms with Crippen molar-refractivity contribution >= 4 is 11.9 Å². The van der Waals surface area contributed by atoms with E-state index < -0.39 is 11.9 Å². The van der Waals surface area contributed by atoms with Crippen molar-refractivity contribution in [1.29, 1.82) is 0 Å². The van der Waals surface area contributed by atoms with Gasteiger partial charge in [0.25, 0.3) is 0 Å². The second-order valence-corrected chi connectivity index (χ2v) is 6.04. The molecule has 0 saturated carbocycles. The fourth-order valence-corrected chi connectivity index (χ4v) is 2.33. The maximum atomic E-state index is 9.10. The molecule has 2 aromatic carbocycles. The van der Waals surface area contributed by atoms with Crippen LogP contribution in [0.3, 0.4) is 0 Å². The molecule has 0 spiro atoms. The van der Waals surface area contributed by atoms with Crippen molar-refractivity contribution in [3.8, 4) is 16.9 Å². The van der Waals surface area contributed by atoms with Gasteiger partial charge in [0, 0.05) is 12.1 Å². The first-order chi connectivity index (χ1) is 14.1. The lowest BCUT2D eigenvalue weighted by Gasteiger charge is -2.12. The normalized spacial score (nSPS) is 9.97. The molecule has 29 heavy (non-hydrogen) atoms. The van der Waals surface area contributed by atoms with E-state index >= 15 is 0 Å². The van der Waals surface area contributed by atoms with Crippen molar-refractivity contribution in [3.63, 3.8) is 0 Å². The second kappa shape index (κ2) is 15.1. The van der Waals surface area contributed by atoms with Crippen molar-refractivity contribution in [2.75, 3.05) is 32.9 Å². The van der Waals surface area contributed by atoms with Gasteiger partial charge >= 0.3 is 11.9 Å². The van der Waals surface area contributed by atoms with Gasteiger partial charge < -0.3 is 25.0 Å². The maximum absolute atomic E-state index is 9.10.